The van der Waals surface area contributed by atoms with Crippen molar-refractivity contribution in [2.24, 2.45) is 0 Å². The molecule has 2 aromatic carbocycles. The van der Waals surface area contributed by atoms with Crippen LogP contribution in [-0.2, 0) is 20.8 Å². The summed E-state index contributed by atoms with van der Waals surface area (Å²) in [5.41, 5.74) is -1.13. The molecule has 1 aromatic heterocycles. The van der Waals surface area contributed by atoms with Crippen molar-refractivity contribution in [1.29, 1.82) is 0 Å². The van der Waals surface area contributed by atoms with Crippen LogP contribution >= 0.6 is 0 Å². The van der Waals surface area contributed by atoms with Crippen molar-refractivity contribution in [3.63, 3.8) is 0 Å². The van der Waals surface area contributed by atoms with Gasteiger partial charge in [-0.05, 0) is 16.3 Å². The topological polar surface area (TPSA) is 103 Å². The average molecular weight is 396 g/mol. The quantitative estimate of drug-likeness (QED) is 0.665. The highest BCUT2D eigenvalue weighted by Crippen LogP contribution is 2.46. The van der Waals surface area contributed by atoms with E-state index in [1.165, 1.54) is 16.8 Å². The molecular formula is C21H20N2O6. The number of aromatic amines is 1. The van der Waals surface area contributed by atoms with Crippen LogP contribution in [0.25, 0.3) is 10.8 Å². The zero-order valence-electron chi connectivity index (χ0n) is 15.5. The van der Waals surface area contributed by atoms with Gasteiger partial charge in [0.15, 0.2) is 6.23 Å². The van der Waals surface area contributed by atoms with Gasteiger partial charge in [0.05, 0.1) is 19.8 Å². The molecule has 0 spiro atoms. The molecule has 0 aliphatic carbocycles. The molecule has 4 atom stereocenters. The maximum Gasteiger partial charge on any atom is 0.330 e. The van der Waals surface area contributed by atoms with E-state index in [0.717, 1.165) is 16.3 Å². The summed E-state index contributed by atoms with van der Waals surface area (Å²) in [6.07, 6.45) is -0.572. The Morgan fingerprint density at radius 2 is 2.00 bits per heavy atom. The molecule has 2 N–H and O–H groups in total. The normalized spacial score (nSPS) is 28.2. The van der Waals surface area contributed by atoms with Gasteiger partial charge in [-0.2, -0.15) is 0 Å². The Hall–Kier alpha value is -2.78. The predicted octanol–water partition coefficient (Wildman–Crippen LogP) is 0.934. The first-order chi connectivity index (χ1) is 14.1. The van der Waals surface area contributed by atoms with E-state index in [1.807, 2.05) is 42.5 Å². The lowest BCUT2D eigenvalue weighted by Crippen LogP contribution is -2.45. The van der Waals surface area contributed by atoms with Gasteiger partial charge in [0, 0.05) is 12.3 Å². The van der Waals surface area contributed by atoms with Crippen LogP contribution in [0.5, 0.6) is 0 Å². The molecule has 2 fully saturated rings. The first-order valence-corrected chi connectivity index (χ1v) is 9.41. The number of aliphatic hydroxyl groups excluding tert-OH is 1. The fourth-order valence-electron chi connectivity index (χ4n) is 4.21. The summed E-state index contributed by atoms with van der Waals surface area (Å²) in [6.45, 7) is 0.172. The Balaban J connectivity index is 1.44. The molecule has 8 nitrogen and oxygen atoms in total. The van der Waals surface area contributed by atoms with Gasteiger partial charge in [-0.25, -0.2) is 4.79 Å². The summed E-state index contributed by atoms with van der Waals surface area (Å²) in [6, 6.07) is 15.3. The number of nitrogens with zero attached hydrogens (tertiary/aromatic N) is 1. The molecule has 0 unspecified atom stereocenters. The number of aromatic nitrogens is 2. The second-order valence-corrected chi connectivity index (χ2v) is 7.39. The first kappa shape index (κ1) is 18.3. The number of hydrogen-bond donors (Lipinski definition) is 2. The monoisotopic (exact) mass is 396 g/mol. The Kier molecular flexibility index (Phi) is 4.36. The van der Waals surface area contributed by atoms with E-state index in [1.54, 1.807) is 0 Å². The van der Waals surface area contributed by atoms with Crippen LogP contribution in [0.3, 0.4) is 0 Å². The molecule has 3 aromatic rings. The molecule has 0 saturated carbocycles. The maximum absolute atomic E-state index is 12.2. The van der Waals surface area contributed by atoms with Crippen molar-refractivity contribution in [2.75, 3.05) is 13.2 Å². The van der Waals surface area contributed by atoms with Crippen molar-refractivity contribution in [3.8, 4) is 0 Å². The minimum Gasteiger partial charge on any atom is -0.393 e. The lowest BCUT2D eigenvalue weighted by atomic mass is 9.99. The lowest BCUT2D eigenvalue weighted by Gasteiger charge is -2.29. The summed E-state index contributed by atoms with van der Waals surface area (Å²) in [5, 5.41) is 12.2. The minimum absolute atomic E-state index is 0.170. The van der Waals surface area contributed by atoms with E-state index >= 15 is 0 Å². The van der Waals surface area contributed by atoms with Gasteiger partial charge in [-0.1, -0.05) is 42.5 Å². The number of ether oxygens (including phenoxy) is 3. The highest BCUT2D eigenvalue weighted by molar-refractivity contribution is 5.85. The summed E-state index contributed by atoms with van der Waals surface area (Å²) >= 11 is 0. The first-order valence-electron chi connectivity index (χ1n) is 9.41. The van der Waals surface area contributed by atoms with Crippen LogP contribution in [-0.4, -0.2) is 45.7 Å². The molecular weight excluding hydrogens is 376 g/mol. The molecule has 8 heteroatoms. The van der Waals surface area contributed by atoms with E-state index in [-0.39, 0.29) is 13.2 Å². The Labute approximate surface area is 165 Å². The van der Waals surface area contributed by atoms with Crippen LogP contribution < -0.4 is 11.2 Å². The number of fused-ring (bicyclic) bond motifs is 3. The molecule has 2 bridgehead atoms. The number of rotatable bonds is 5. The van der Waals surface area contributed by atoms with Crippen molar-refractivity contribution in [3.05, 3.63) is 81.1 Å². The van der Waals surface area contributed by atoms with E-state index in [0.29, 0.717) is 6.61 Å². The molecule has 2 aliphatic rings. The van der Waals surface area contributed by atoms with Gasteiger partial charge >= 0.3 is 5.69 Å². The van der Waals surface area contributed by atoms with Crippen molar-refractivity contribution in [2.45, 2.75) is 30.6 Å². The second-order valence-electron chi connectivity index (χ2n) is 7.39. The largest absolute Gasteiger partial charge is 0.393 e. The van der Waals surface area contributed by atoms with Crippen LogP contribution in [0, 0.1) is 0 Å². The third kappa shape index (κ3) is 2.92. The van der Waals surface area contributed by atoms with Gasteiger partial charge in [-0.15, -0.1) is 0 Å². The lowest BCUT2D eigenvalue weighted by molar-refractivity contribution is -0.189. The maximum atomic E-state index is 12.2. The Bertz CT molecular complexity index is 1170. The summed E-state index contributed by atoms with van der Waals surface area (Å²) < 4.78 is 19.3. The van der Waals surface area contributed by atoms with E-state index in [4.69, 9.17) is 14.2 Å². The third-order valence-corrected chi connectivity index (χ3v) is 5.66. The fraction of sp³-hybridized carbons (Fsp3) is 0.333. The minimum atomic E-state index is -1.06. The number of H-pyrrole nitrogens is 1. The van der Waals surface area contributed by atoms with Gasteiger partial charge in [0.1, 0.15) is 17.8 Å². The SMILES string of the molecule is O=c1ccn([C@@H]2O[C@@]3(CO)CO[C@H]2[C@H]3OCc2cccc3ccccc23)c(=O)[nH]1. The summed E-state index contributed by atoms with van der Waals surface area (Å²) in [5.74, 6) is 0. The zero-order valence-corrected chi connectivity index (χ0v) is 15.5. The standard InChI is InChI=1S/C21H20N2O6/c24-11-21-12-28-17(19(29-21)23-9-8-16(25)22-20(23)26)18(21)27-10-14-6-3-5-13-4-1-2-7-15(13)14/h1-9,17-19,24H,10-12H2,(H,22,25,26)/t17-,18+,19+,21-/m0/s1. The van der Waals surface area contributed by atoms with Gasteiger partial charge in [0.25, 0.3) is 5.56 Å². The molecule has 150 valence electrons. The highest BCUT2D eigenvalue weighted by Gasteiger charge is 2.63. The van der Waals surface area contributed by atoms with Gasteiger partial charge < -0.3 is 19.3 Å². The molecule has 5 rings (SSSR count). The van der Waals surface area contributed by atoms with Crippen LogP contribution in [0.1, 0.15) is 11.8 Å². The van der Waals surface area contributed by atoms with E-state index in [2.05, 4.69) is 4.98 Å². The number of nitrogens with one attached hydrogen (secondary N) is 1. The highest BCUT2D eigenvalue weighted by atomic mass is 16.7. The van der Waals surface area contributed by atoms with Crippen molar-refractivity contribution in [1.82, 2.24) is 9.55 Å². The smallest absolute Gasteiger partial charge is 0.330 e. The number of benzene rings is 2. The molecule has 29 heavy (non-hydrogen) atoms. The molecule has 2 aliphatic heterocycles. The molecule has 0 radical (unpaired) electrons. The molecule has 0 amide bonds. The third-order valence-electron chi connectivity index (χ3n) is 5.66. The number of hydrogen-bond acceptors (Lipinski definition) is 6. The van der Waals surface area contributed by atoms with Crippen LogP contribution in [0.15, 0.2) is 64.3 Å². The van der Waals surface area contributed by atoms with Crippen LogP contribution in [0.2, 0.25) is 0 Å². The molecule has 2 saturated heterocycles. The van der Waals surface area contributed by atoms with Gasteiger partial charge in [0.2, 0.25) is 0 Å². The van der Waals surface area contributed by atoms with Crippen LogP contribution in [0.4, 0.5) is 0 Å². The summed E-state index contributed by atoms with van der Waals surface area (Å²) in [7, 11) is 0. The number of aliphatic hydroxyl groups is 1. The van der Waals surface area contributed by atoms with Crippen molar-refractivity contribution >= 4 is 10.8 Å². The molecule has 3 heterocycles. The average Bonchev–Trinajstić information content (AvgIpc) is 3.24. The van der Waals surface area contributed by atoms with E-state index < -0.39 is 35.3 Å². The second kappa shape index (κ2) is 6.93. The predicted molar refractivity (Wildman–Crippen MR) is 104 cm³/mol. The zero-order chi connectivity index (χ0) is 20.0. The Morgan fingerprint density at radius 1 is 1.17 bits per heavy atom. The fourth-order valence-corrected chi connectivity index (χ4v) is 4.21. The van der Waals surface area contributed by atoms with Crippen molar-refractivity contribution < 1.29 is 19.3 Å². The Morgan fingerprint density at radius 3 is 2.83 bits per heavy atom. The summed E-state index contributed by atoms with van der Waals surface area (Å²) in [4.78, 5) is 25.8. The van der Waals surface area contributed by atoms with E-state index in [9.17, 15) is 14.7 Å². The van der Waals surface area contributed by atoms with Gasteiger partial charge in [-0.3, -0.25) is 14.3 Å².